The number of rotatable bonds is 0. The molecule has 2 heterocycles. The third kappa shape index (κ3) is 4.51. The van der Waals surface area contributed by atoms with Crippen molar-refractivity contribution in [1.82, 2.24) is 14.7 Å². The van der Waals surface area contributed by atoms with E-state index in [0.29, 0.717) is 16.7 Å². The minimum atomic E-state index is -0.465. The van der Waals surface area contributed by atoms with Crippen LogP contribution in [0.25, 0.3) is 0 Å². The van der Waals surface area contributed by atoms with E-state index in [1.807, 2.05) is 20.8 Å². The molecular formula is C21H33N3O2. The minimum absolute atomic E-state index is 0.192. The van der Waals surface area contributed by atoms with Crippen LogP contribution < -0.4 is 0 Å². The summed E-state index contributed by atoms with van der Waals surface area (Å²) in [6, 6.07) is 6.94. The topological polar surface area (TPSA) is 43.9 Å². The van der Waals surface area contributed by atoms with Crippen LogP contribution >= 0.6 is 0 Å². The van der Waals surface area contributed by atoms with Gasteiger partial charge in [0, 0.05) is 37.3 Å². The SMILES string of the molecule is CC(C)(C)N1C(=O)c2ccccc2C1=O.CN1CCN(C(C)(C)C)CC1. The number of likely N-dealkylation sites (N-methyl/N-ethyl adjacent to an activating group) is 1. The van der Waals surface area contributed by atoms with E-state index in [1.54, 1.807) is 24.3 Å². The Morgan fingerprint density at radius 1 is 0.731 bits per heavy atom. The molecule has 2 amide bonds. The number of hydrogen-bond acceptors (Lipinski definition) is 4. The van der Waals surface area contributed by atoms with Crippen molar-refractivity contribution < 1.29 is 9.59 Å². The zero-order chi connectivity index (χ0) is 19.7. The number of carbonyl (C=O) groups excluding carboxylic acids is 2. The molecule has 0 aromatic heterocycles. The summed E-state index contributed by atoms with van der Waals surface area (Å²) in [7, 11) is 2.19. The average Bonchev–Trinajstić information content (AvgIpc) is 2.79. The maximum atomic E-state index is 12.0. The van der Waals surface area contributed by atoms with Crippen LogP contribution in [0.2, 0.25) is 0 Å². The van der Waals surface area contributed by atoms with Crippen LogP contribution in [0.1, 0.15) is 62.3 Å². The van der Waals surface area contributed by atoms with Gasteiger partial charge in [0.15, 0.2) is 0 Å². The Hall–Kier alpha value is -1.72. The number of carbonyl (C=O) groups is 2. The van der Waals surface area contributed by atoms with E-state index in [-0.39, 0.29) is 11.8 Å². The highest BCUT2D eigenvalue weighted by Gasteiger charge is 2.41. The molecular weight excluding hydrogens is 326 g/mol. The molecule has 0 spiro atoms. The van der Waals surface area contributed by atoms with Gasteiger partial charge in [-0.05, 0) is 60.7 Å². The summed E-state index contributed by atoms with van der Waals surface area (Å²) in [6.07, 6.45) is 0. The summed E-state index contributed by atoms with van der Waals surface area (Å²) in [5.74, 6) is -0.383. The zero-order valence-electron chi connectivity index (χ0n) is 17.3. The van der Waals surface area contributed by atoms with Gasteiger partial charge in [0.25, 0.3) is 11.8 Å². The molecule has 3 rings (SSSR count). The van der Waals surface area contributed by atoms with E-state index >= 15 is 0 Å². The molecule has 0 radical (unpaired) electrons. The van der Waals surface area contributed by atoms with Gasteiger partial charge in [-0.1, -0.05) is 12.1 Å². The largest absolute Gasteiger partial charge is 0.304 e. The molecule has 2 aliphatic rings. The first-order valence-electron chi connectivity index (χ1n) is 9.34. The first-order valence-corrected chi connectivity index (χ1v) is 9.34. The molecule has 1 saturated heterocycles. The van der Waals surface area contributed by atoms with Crippen molar-refractivity contribution >= 4 is 11.8 Å². The van der Waals surface area contributed by atoms with Gasteiger partial charge in [0.05, 0.1) is 11.1 Å². The maximum absolute atomic E-state index is 12.0. The van der Waals surface area contributed by atoms with E-state index in [4.69, 9.17) is 0 Å². The highest BCUT2D eigenvalue weighted by Crippen LogP contribution is 2.28. The van der Waals surface area contributed by atoms with Crippen LogP contribution in [0.3, 0.4) is 0 Å². The molecule has 144 valence electrons. The highest BCUT2D eigenvalue weighted by molar-refractivity contribution is 6.21. The Kier molecular flexibility index (Phi) is 5.93. The molecule has 1 aromatic carbocycles. The molecule has 26 heavy (non-hydrogen) atoms. The Bertz CT molecular complexity index is 628. The summed E-state index contributed by atoms with van der Waals surface area (Å²) in [6.45, 7) is 17.3. The average molecular weight is 360 g/mol. The number of amides is 2. The molecule has 5 heteroatoms. The number of piperazine rings is 1. The van der Waals surface area contributed by atoms with Gasteiger partial charge in [0.2, 0.25) is 0 Å². The van der Waals surface area contributed by atoms with Crippen LogP contribution in [0.5, 0.6) is 0 Å². The van der Waals surface area contributed by atoms with Gasteiger partial charge < -0.3 is 4.90 Å². The molecule has 0 atom stereocenters. The Labute approximate surface area is 158 Å². The van der Waals surface area contributed by atoms with Crippen LogP contribution in [-0.2, 0) is 0 Å². The molecule has 1 fully saturated rings. The van der Waals surface area contributed by atoms with Crippen molar-refractivity contribution in [2.75, 3.05) is 33.2 Å². The van der Waals surface area contributed by atoms with Gasteiger partial charge in [0.1, 0.15) is 0 Å². The van der Waals surface area contributed by atoms with Gasteiger partial charge in [-0.25, -0.2) is 0 Å². The maximum Gasteiger partial charge on any atom is 0.262 e. The zero-order valence-corrected chi connectivity index (χ0v) is 17.3. The fraction of sp³-hybridized carbons (Fsp3) is 0.619. The standard InChI is InChI=1S/C12H13NO2.C9H20N2/c1-12(2,3)13-10(14)8-6-4-5-7-9(8)11(13)15;1-9(2,3)11-7-5-10(4)6-8-11/h4-7H,1-3H3;5-8H2,1-4H3. The van der Waals surface area contributed by atoms with Crippen molar-refractivity contribution in [1.29, 1.82) is 0 Å². The molecule has 0 aliphatic carbocycles. The van der Waals surface area contributed by atoms with Gasteiger partial charge in [-0.2, -0.15) is 0 Å². The number of hydrogen-bond donors (Lipinski definition) is 0. The monoisotopic (exact) mass is 359 g/mol. The summed E-state index contributed by atoms with van der Waals surface area (Å²) >= 11 is 0. The van der Waals surface area contributed by atoms with Crippen molar-refractivity contribution in [2.24, 2.45) is 0 Å². The fourth-order valence-corrected chi connectivity index (χ4v) is 3.28. The van der Waals surface area contributed by atoms with E-state index < -0.39 is 5.54 Å². The van der Waals surface area contributed by atoms with Crippen LogP contribution in [0, 0.1) is 0 Å². The van der Waals surface area contributed by atoms with Gasteiger partial charge in [-0.15, -0.1) is 0 Å². The first-order chi connectivity index (χ1) is 11.9. The second kappa shape index (κ2) is 7.49. The highest BCUT2D eigenvalue weighted by atomic mass is 16.2. The molecule has 0 saturated carbocycles. The van der Waals surface area contributed by atoms with E-state index in [9.17, 15) is 9.59 Å². The summed E-state index contributed by atoms with van der Waals surface area (Å²) in [4.78, 5) is 30.2. The Balaban J connectivity index is 0.000000197. The van der Waals surface area contributed by atoms with Crippen LogP contribution in [0.4, 0.5) is 0 Å². The number of fused-ring (bicyclic) bond motifs is 1. The lowest BCUT2D eigenvalue weighted by Crippen LogP contribution is -2.52. The van der Waals surface area contributed by atoms with Crippen LogP contribution in [0.15, 0.2) is 24.3 Å². The fourth-order valence-electron chi connectivity index (χ4n) is 3.28. The lowest BCUT2D eigenvalue weighted by molar-refractivity contribution is 0.0507. The quantitative estimate of drug-likeness (QED) is 0.668. The molecule has 0 unspecified atom stereocenters. The molecule has 0 bridgehead atoms. The summed E-state index contributed by atoms with van der Waals surface area (Å²) in [5.41, 5.74) is 0.920. The van der Waals surface area contributed by atoms with E-state index in [2.05, 4.69) is 37.6 Å². The van der Waals surface area contributed by atoms with Crippen molar-refractivity contribution in [2.45, 2.75) is 52.6 Å². The third-order valence-electron chi connectivity index (χ3n) is 4.92. The van der Waals surface area contributed by atoms with Crippen LogP contribution in [-0.4, -0.2) is 70.8 Å². The Morgan fingerprint density at radius 2 is 1.15 bits per heavy atom. The Morgan fingerprint density at radius 3 is 1.50 bits per heavy atom. The van der Waals surface area contributed by atoms with Gasteiger partial charge in [-0.3, -0.25) is 19.4 Å². The molecule has 5 nitrogen and oxygen atoms in total. The lowest BCUT2D eigenvalue weighted by atomic mass is 10.1. The van der Waals surface area contributed by atoms with Crippen molar-refractivity contribution in [3.05, 3.63) is 35.4 Å². The van der Waals surface area contributed by atoms with E-state index in [0.717, 1.165) is 0 Å². The predicted molar refractivity (Wildman–Crippen MR) is 106 cm³/mol. The third-order valence-corrected chi connectivity index (χ3v) is 4.92. The first kappa shape index (κ1) is 20.6. The van der Waals surface area contributed by atoms with Crippen molar-refractivity contribution in [3.8, 4) is 0 Å². The molecule has 2 aliphatic heterocycles. The van der Waals surface area contributed by atoms with Gasteiger partial charge >= 0.3 is 0 Å². The minimum Gasteiger partial charge on any atom is -0.304 e. The predicted octanol–water partition coefficient (Wildman–Crippen LogP) is 3.11. The number of benzene rings is 1. The smallest absolute Gasteiger partial charge is 0.262 e. The summed E-state index contributed by atoms with van der Waals surface area (Å²) < 4.78 is 0. The van der Waals surface area contributed by atoms with Crippen molar-refractivity contribution in [3.63, 3.8) is 0 Å². The van der Waals surface area contributed by atoms with E-state index in [1.165, 1.54) is 31.1 Å². The molecule has 1 aromatic rings. The normalized spacial score (nSPS) is 19.3. The number of imide groups is 1. The number of nitrogens with zero attached hydrogens (tertiary/aromatic N) is 3. The molecule has 0 N–H and O–H groups in total. The second-order valence-electron chi connectivity index (χ2n) is 9.12. The lowest BCUT2D eigenvalue weighted by Gasteiger charge is -2.41. The second-order valence-corrected chi connectivity index (χ2v) is 9.12. The summed E-state index contributed by atoms with van der Waals surface area (Å²) in [5, 5.41) is 0.